The Morgan fingerprint density at radius 2 is 2.15 bits per heavy atom. The van der Waals surface area contributed by atoms with E-state index in [1.54, 1.807) is 0 Å². The van der Waals surface area contributed by atoms with Crippen molar-refractivity contribution in [2.75, 3.05) is 11.9 Å². The first-order valence-electron chi connectivity index (χ1n) is 4.07. The van der Waals surface area contributed by atoms with Gasteiger partial charge in [0.15, 0.2) is 5.82 Å². The summed E-state index contributed by atoms with van der Waals surface area (Å²) < 4.78 is 12.4. The van der Waals surface area contributed by atoms with E-state index in [0.717, 1.165) is 12.4 Å². The number of anilines is 1. The zero-order chi connectivity index (χ0) is 9.68. The molecule has 1 heterocycles. The third-order valence-corrected chi connectivity index (χ3v) is 1.56. The normalized spacial score (nSPS) is 12.5. The zero-order valence-corrected chi connectivity index (χ0v) is 7.37. The molecule has 0 saturated heterocycles. The van der Waals surface area contributed by atoms with Crippen LogP contribution in [0.1, 0.15) is 13.3 Å². The van der Waals surface area contributed by atoms with Gasteiger partial charge < -0.3 is 10.4 Å². The molecule has 5 heteroatoms. The van der Waals surface area contributed by atoms with Gasteiger partial charge in [0.25, 0.3) is 0 Å². The predicted molar refractivity (Wildman–Crippen MR) is 46.8 cm³/mol. The number of aliphatic hydroxyl groups excluding tert-OH is 1. The minimum Gasteiger partial charge on any atom is -0.396 e. The van der Waals surface area contributed by atoms with Gasteiger partial charge >= 0.3 is 0 Å². The summed E-state index contributed by atoms with van der Waals surface area (Å²) in [5, 5.41) is 11.5. The number of rotatable bonds is 4. The molecule has 4 nitrogen and oxygen atoms in total. The maximum atomic E-state index is 12.4. The number of nitrogens with zero attached hydrogens (tertiary/aromatic N) is 2. The lowest BCUT2D eigenvalue weighted by atomic mass is 10.2. The Morgan fingerprint density at radius 3 is 2.69 bits per heavy atom. The van der Waals surface area contributed by atoms with Gasteiger partial charge in [0.05, 0.1) is 12.4 Å². The van der Waals surface area contributed by atoms with Crippen LogP contribution in [-0.4, -0.2) is 27.7 Å². The van der Waals surface area contributed by atoms with E-state index in [2.05, 4.69) is 15.3 Å². The summed E-state index contributed by atoms with van der Waals surface area (Å²) in [5.74, 6) is -0.0808. The van der Waals surface area contributed by atoms with Gasteiger partial charge in [-0.1, -0.05) is 0 Å². The lowest BCUT2D eigenvalue weighted by molar-refractivity contribution is 0.282. The van der Waals surface area contributed by atoms with E-state index in [1.807, 2.05) is 6.92 Å². The van der Waals surface area contributed by atoms with Gasteiger partial charge in [-0.2, -0.15) is 0 Å². The van der Waals surface area contributed by atoms with Crippen LogP contribution in [0.2, 0.25) is 0 Å². The summed E-state index contributed by atoms with van der Waals surface area (Å²) in [5.41, 5.74) is 0. The van der Waals surface area contributed by atoms with Crippen molar-refractivity contribution in [2.45, 2.75) is 19.4 Å². The van der Waals surface area contributed by atoms with Crippen LogP contribution in [0.25, 0.3) is 0 Å². The quantitative estimate of drug-likeness (QED) is 0.728. The van der Waals surface area contributed by atoms with Crippen molar-refractivity contribution >= 4 is 5.95 Å². The average molecular weight is 185 g/mol. The van der Waals surface area contributed by atoms with Crippen LogP contribution in [0.3, 0.4) is 0 Å². The van der Waals surface area contributed by atoms with Gasteiger partial charge in [0, 0.05) is 12.6 Å². The Balaban J connectivity index is 2.49. The van der Waals surface area contributed by atoms with Crippen molar-refractivity contribution in [3.8, 4) is 0 Å². The van der Waals surface area contributed by atoms with Crippen LogP contribution in [-0.2, 0) is 0 Å². The molecule has 1 atom stereocenters. The summed E-state index contributed by atoms with van der Waals surface area (Å²) in [6, 6.07) is 0.0791. The maximum absolute atomic E-state index is 12.4. The zero-order valence-electron chi connectivity index (χ0n) is 7.37. The molecular formula is C8H12FN3O. The van der Waals surface area contributed by atoms with Crippen LogP contribution in [0.15, 0.2) is 12.4 Å². The molecule has 13 heavy (non-hydrogen) atoms. The van der Waals surface area contributed by atoms with E-state index >= 15 is 0 Å². The van der Waals surface area contributed by atoms with Gasteiger partial charge in [0.2, 0.25) is 5.95 Å². The van der Waals surface area contributed by atoms with Gasteiger partial charge in [-0.05, 0) is 13.3 Å². The molecule has 0 fully saturated rings. The topological polar surface area (TPSA) is 58.0 Å². The Kier molecular flexibility index (Phi) is 3.57. The summed E-state index contributed by atoms with van der Waals surface area (Å²) in [4.78, 5) is 7.44. The number of aromatic nitrogens is 2. The van der Waals surface area contributed by atoms with E-state index in [1.165, 1.54) is 0 Å². The highest BCUT2D eigenvalue weighted by molar-refractivity contribution is 5.23. The molecular weight excluding hydrogens is 173 g/mol. The molecule has 2 N–H and O–H groups in total. The van der Waals surface area contributed by atoms with Gasteiger partial charge in [-0.15, -0.1) is 0 Å². The molecule has 0 saturated carbocycles. The van der Waals surface area contributed by atoms with Gasteiger partial charge in [-0.3, -0.25) is 0 Å². The van der Waals surface area contributed by atoms with Crippen molar-refractivity contribution in [1.82, 2.24) is 9.97 Å². The van der Waals surface area contributed by atoms with Crippen molar-refractivity contribution in [3.63, 3.8) is 0 Å². The first-order chi connectivity index (χ1) is 6.22. The molecule has 0 aliphatic carbocycles. The van der Waals surface area contributed by atoms with E-state index in [9.17, 15) is 4.39 Å². The highest BCUT2D eigenvalue weighted by Gasteiger charge is 2.02. The molecule has 1 rings (SSSR count). The van der Waals surface area contributed by atoms with Crippen LogP contribution >= 0.6 is 0 Å². The molecule has 72 valence electrons. The third-order valence-electron chi connectivity index (χ3n) is 1.56. The minimum absolute atomic E-state index is 0.0791. The molecule has 0 bridgehead atoms. The molecule has 0 radical (unpaired) electrons. The molecule has 0 aliphatic heterocycles. The molecule has 0 spiro atoms. The van der Waals surface area contributed by atoms with Crippen LogP contribution < -0.4 is 5.32 Å². The fraction of sp³-hybridized carbons (Fsp3) is 0.500. The fourth-order valence-corrected chi connectivity index (χ4v) is 0.873. The van der Waals surface area contributed by atoms with E-state index in [-0.39, 0.29) is 12.6 Å². The Hall–Kier alpha value is -1.23. The smallest absolute Gasteiger partial charge is 0.222 e. The summed E-state index contributed by atoms with van der Waals surface area (Å²) >= 11 is 0. The number of halogens is 1. The monoisotopic (exact) mass is 185 g/mol. The van der Waals surface area contributed by atoms with Gasteiger partial charge in [-0.25, -0.2) is 14.4 Å². The summed E-state index contributed by atoms with van der Waals surface area (Å²) in [7, 11) is 0. The Labute approximate surface area is 75.8 Å². The fourth-order valence-electron chi connectivity index (χ4n) is 0.873. The highest BCUT2D eigenvalue weighted by atomic mass is 19.1. The van der Waals surface area contributed by atoms with Crippen molar-refractivity contribution in [2.24, 2.45) is 0 Å². The molecule has 1 unspecified atom stereocenters. The minimum atomic E-state index is -0.458. The number of nitrogens with one attached hydrogen (secondary N) is 1. The molecule has 0 aromatic carbocycles. The second-order valence-corrected chi connectivity index (χ2v) is 2.78. The second kappa shape index (κ2) is 4.71. The molecule has 1 aromatic heterocycles. The lowest BCUT2D eigenvalue weighted by Gasteiger charge is -2.11. The van der Waals surface area contributed by atoms with Crippen molar-refractivity contribution < 1.29 is 9.50 Å². The number of hydrogen-bond acceptors (Lipinski definition) is 4. The Bertz CT molecular complexity index is 252. The molecule has 1 aromatic rings. The first-order valence-corrected chi connectivity index (χ1v) is 4.07. The summed E-state index contributed by atoms with van der Waals surface area (Å²) in [6.45, 7) is 2.00. The van der Waals surface area contributed by atoms with Crippen molar-refractivity contribution in [1.29, 1.82) is 0 Å². The highest BCUT2D eigenvalue weighted by Crippen LogP contribution is 2.02. The largest absolute Gasteiger partial charge is 0.396 e. The van der Waals surface area contributed by atoms with Crippen LogP contribution in [0.5, 0.6) is 0 Å². The molecule has 0 amide bonds. The molecule has 0 aliphatic rings. The van der Waals surface area contributed by atoms with E-state index in [4.69, 9.17) is 5.11 Å². The first kappa shape index (κ1) is 9.85. The second-order valence-electron chi connectivity index (χ2n) is 2.78. The summed E-state index contributed by atoms with van der Waals surface area (Å²) in [6.07, 6.45) is 2.81. The van der Waals surface area contributed by atoms with Crippen molar-refractivity contribution in [3.05, 3.63) is 18.2 Å². The van der Waals surface area contributed by atoms with E-state index < -0.39 is 5.82 Å². The van der Waals surface area contributed by atoms with Crippen LogP contribution in [0, 0.1) is 5.82 Å². The van der Waals surface area contributed by atoms with Crippen LogP contribution in [0.4, 0.5) is 10.3 Å². The standard InChI is InChI=1S/C8H12FN3O/c1-6(2-3-13)12-8-10-4-7(9)5-11-8/h4-6,13H,2-3H2,1H3,(H,10,11,12). The van der Waals surface area contributed by atoms with E-state index in [0.29, 0.717) is 12.4 Å². The third kappa shape index (κ3) is 3.33. The maximum Gasteiger partial charge on any atom is 0.222 e. The predicted octanol–water partition coefficient (Wildman–Crippen LogP) is 0.798. The van der Waals surface area contributed by atoms with Gasteiger partial charge in [0.1, 0.15) is 0 Å². The number of hydrogen-bond donors (Lipinski definition) is 2. The lowest BCUT2D eigenvalue weighted by Crippen LogP contribution is -2.18. The average Bonchev–Trinajstić information content (AvgIpc) is 2.09. The Morgan fingerprint density at radius 1 is 1.54 bits per heavy atom. The SMILES string of the molecule is CC(CCO)Nc1ncc(F)cn1. The number of aliphatic hydroxyl groups is 1.